The Labute approximate surface area is 94.7 Å². The van der Waals surface area contributed by atoms with Crippen LogP contribution in [0.5, 0.6) is 0 Å². The number of carboxylic acids is 1. The second-order valence-corrected chi connectivity index (χ2v) is 4.75. The Bertz CT molecular complexity index is 435. The number of aliphatic carboxylic acids is 1. The SMILES string of the molecule is Cc1ccc2c(c1)C(C(C)(O)C(=O)O)CC2. The third-order valence-corrected chi connectivity index (χ3v) is 3.49. The van der Waals surface area contributed by atoms with Gasteiger partial charge in [-0.15, -0.1) is 0 Å². The summed E-state index contributed by atoms with van der Waals surface area (Å²) in [5.74, 6) is -1.44. The smallest absolute Gasteiger partial charge is 0.336 e. The molecule has 1 aromatic rings. The molecule has 0 heterocycles. The average molecular weight is 220 g/mol. The highest BCUT2D eigenvalue weighted by atomic mass is 16.4. The number of rotatable bonds is 2. The van der Waals surface area contributed by atoms with Gasteiger partial charge in [-0.25, -0.2) is 4.79 Å². The minimum Gasteiger partial charge on any atom is -0.479 e. The molecule has 0 radical (unpaired) electrons. The van der Waals surface area contributed by atoms with Crippen molar-refractivity contribution in [2.24, 2.45) is 0 Å². The van der Waals surface area contributed by atoms with Crippen molar-refractivity contribution in [1.82, 2.24) is 0 Å². The van der Waals surface area contributed by atoms with Crippen LogP contribution >= 0.6 is 0 Å². The van der Waals surface area contributed by atoms with Crippen molar-refractivity contribution in [1.29, 1.82) is 0 Å². The van der Waals surface area contributed by atoms with E-state index >= 15 is 0 Å². The second kappa shape index (κ2) is 3.59. The molecular weight excluding hydrogens is 204 g/mol. The molecule has 0 amide bonds. The van der Waals surface area contributed by atoms with E-state index in [1.807, 2.05) is 25.1 Å². The number of aryl methyl sites for hydroxylation is 2. The van der Waals surface area contributed by atoms with Crippen molar-refractivity contribution in [3.05, 3.63) is 34.9 Å². The topological polar surface area (TPSA) is 57.5 Å². The van der Waals surface area contributed by atoms with E-state index in [1.54, 1.807) is 0 Å². The first-order valence-corrected chi connectivity index (χ1v) is 5.48. The number of carboxylic acid groups (broad SMARTS) is 1. The maximum atomic E-state index is 11.1. The van der Waals surface area contributed by atoms with E-state index in [0.29, 0.717) is 6.42 Å². The van der Waals surface area contributed by atoms with Crippen molar-refractivity contribution in [3.8, 4) is 0 Å². The first-order valence-electron chi connectivity index (χ1n) is 5.48. The van der Waals surface area contributed by atoms with Gasteiger partial charge in [0.05, 0.1) is 0 Å². The monoisotopic (exact) mass is 220 g/mol. The molecule has 2 rings (SSSR count). The van der Waals surface area contributed by atoms with E-state index in [0.717, 1.165) is 23.1 Å². The van der Waals surface area contributed by atoms with Crippen molar-refractivity contribution in [3.63, 3.8) is 0 Å². The Balaban J connectivity index is 2.43. The molecule has 1 aromatic carbocycles. The molecule has 3 nitrogen and oxygen atoms in total. The van der Waals surface area contributed by atoms with Gasteiger partial charge in [0.15, 0.2) is 5.60 Å². The minimum absolute atomic E-state index is 0.292. The summed E-state index contributed by atoms with van der Waals surface area (Å²) >= 11 is 0. The number of aliphatic hydroxyl groups is 1. The summed E-state index contributed by atoms with van der Waals surface area (Å²) in [6.07, 6.45) is 1.56. The fraction of sp³-hybridized carbons (Fsp3) is 0.462. The van der Waals surface area contributed by atoms with Gasteiger partial charge in [0, 0.05) is 5.92 Å². The summed E-state index contributed by atoms with van der Waals surface area (Å²) in [6.45, 7) is 3.36. The summed E-state index contributed by atoms with van der Waals surface area (Å²) in [5, 5.41) is 19.1. The first-order chi connectivity index (χ1) is 7.43. The van der Waals surface area contributed by atoms with Crippen LogP contribution in [0.1, 0.15) is 36.0 Å². The zero-order valence-corrected chi connectivity index (χ0v) is 9.53. The largest absolute Gasteiger partial charge is 0.479 e. The van der Waals surface area contributed by atoms with Crippen LogP contribution in [0.2, 0.25) is 0 Å². The van der Waals surface area contributed by atoms with Gasteiger partial charge in [-0.3, -0.25) is 0 Å². The molecule has 2 unspecified atom stereocenters. The Morgan fingerprint density at radius 2 is 2.19 bits per heavy atom. The Hall–Kier alpha value is -1.35. The molecular formula is C13H16O3. The summed E-state index contributed by atoms with van der Waals surface area (Å²) in [5.41, 5.74) is 1.59. The van der Waals surface area contributed by atoms with Gasteiger partial charge in [0.25, 0.3) is 0 Å². The summed E-state index contributed by atoms with van der Waals surface area (Å²) in [4.78, 5) is 11.1. The molecule has 2 N–H and O–H groups in total. The molecule has 3 heteroatoms. The molecule has 86 valence electrons. The zero-order valence-electron chi connectivity index (χ0n) is 9.53. The highest BCUT2D eigenvalue weighted by Gasteiger charge is 2.43. The summed E-state index contributed by atoms with van der Waals surface area (Å²) in [6, 6.07) is 6.05. The van der Waals surface area contributed by atoms with E-state index in [1.165, 1.54) is 6.92 Å². The van der Waals surface area contributed by atoms with E-state index in [9.17, 15) is 9.90 Å². The van der Waals surface area contributed by atoms with Gasteiger partial charge >= 0.3 is 5.97 Å². The van der Waals surface area contributed by atoms with Crippen LogP contribution in [0.25, 0.3) is 0 Å². The number of carbonyl (C=O) groups is 1. The van der Waals surface area contributed by atoms with E-state index in [4.69, 9.17) is 5.11 Å². The van der Waals surface area contributed by atoms with Crippen molar-refractivity contribution >= 4 is 5.97 Å². The second-order valence-electron chi connectivity index (χ2n) is 4.75. The van der Waals surface area contributed by atoms with E-state index in [-0.39, 0.29) is 5.92 Å². The van der Waals surface area contributed by atoms with Gasteiger partial charge in [-0.05, 0) is 37.8 Å². The van der Waals surface area contributed by atoms with Crippen LogP contribution in [0, 0.1) is 6.92 Å². The predicted octanol–water partition coefficient (Wildman–Crippen LogP) is 1.86. The normalized spacial score (nSPS) is 22.6. The molecule has 0 spiro atoms. The number of benzene rings is 1. The fourth-order valence-corrected chi connectivity index (χ4v) is 2.45. The third kappa shape index (κ3) is 1.61. The lowest BCUT2D eigenvalue weighted by molar-refractivity contribution is -0.159. The molecule has 1 aliphatic carbocycles. The molecule has 0 aliphatic heterocycles. The van der Waals surface area contributed by atoms with Crippen LogP contribution in [0.15, 0.2) is 18.2 Å². The Morgan fingerprint density at radius 3 is 2.81 bits per heavy atom. The van der Waals surface area contributed by atoms with Gasteiger partial charge in [-0.1, -0.05) is 23.8 Å². The Kier molecular flexibility index (Phi) is 2.50. The standard InChI is InChI=1S/C13H16O3/c1-8-3-4-9-5-6-11(10(9)7-8)13(2,16)12(14)15/h3-4,7,11,16H,5-6H2,1-2H3,(H,14,15). The van der Waals surface area contributed by atoms with Crippen LogP contribution < -0.4 is 0 Å². The zero-order chi connectivity index (χ0) is 11.9. The summed E-state index contributed by atoms with van der Waals surface area (Å²) in [7, 11) is 0. The van der Waals surface area contributed by atoms with Gasteiger partial charge in [0.1, 0.15) is 0 Å². The maximum absolute atomic E-state index is 11.1. The van der Waals surface area contributed by atoms with Crippen molar-refractivity contribution in [2.75, 3.05) is 0 Å². The predicted molar refractivity (Wildman–Crippen MR) is 60.5 cm³/mol. The quantitative estimate of drug-likeness (QED) is 0.799. The maximum Gasteiger partial charge on any atom is 0.336 e. The highest BCUT2D eigenvalue weighted by molar-refractivity contribution is 5.78. The highest BCUT2D eigenvalue weighted by Crippen LogP contribution is 2.40. The van der Waals surface area contributed by atoms with Crippen molar-refractivity contribution in [2.45, 2.75) is 38.2 Å². The molecule has 0 bridgehead atoms. The molecule has 0 saturated carbocycles. The van der Waals surface area contributed by atoms with E-state index < -0.39 is 11.6 Å². The molecule has 2 atom stereocenters. The minimum atomic E-state index is -1.67. The van der Waals surface area contributed by atoms with Crippen LogP contribution in [0.4, 0.5) is 0 Å². The van der Waals surface area contributed by atoms with Gasteiger partial charge in [0.2, 0.25) is 0 Å². The average Bonchev–Trinajstić information content (AvgIpc) is 2.60. The molecule has 16 heavy (non-hydrogen) atoms. The third-order valence-electron chi connectivity index (χ3n) is 3.49. The van der Waals surface area contributed by atoms with Crippen LogP contribution in [0.3, 0.4) is 0 Å². The number of hydrogen-bond donors (Lipinski definition) is 2. The van der Waals surface area contributed by atoms with Gasteiger partial charge < -0.3 is 10.2 Å². The summed E-state index contributed by atoms with van der Waals surface area (Å²) < 4.78 is 0. The Morgan fingerprint density at radius 1 is 1.50 bits per heavy atom. The lowest BCUT2D eigenvalue weighted by Gasteiger charge is -2.26. The molecule has 0 saturated heterocycles. The van der Waals surface area contributed by atoms with Crippen LogP contribution in [-0.4, -0.2) is 21.8 Å². The van der Waals surface area contributed by atoms with E-state index in [2.05, 4.69) is 0 Å². The molecule has 0 fully saturated rings. The van der Waals surface area contributed by atoms with Crippen molar-refractivity contribution < 1.29 is 15.0 Å². The lowest BCUT2D eigenvalue weighted by Crippen LogP contribution is -2.40. The fourth-order valence-electron chi connectivity index (χ4n) is 2.45. The number of hydrogen-bond acceptors (Lipinski definition) is 2. The number of fused-ring (bicyclic) bond motifs is 1. The van der Waals surface area contributed by atoms with Gasteiger partial charge in [-0.2, -0.15) is 0 Å². The lowest BCUT2D eigenvalue weighted by atomic mass is 9.84. The molecule has 1 aliphatic rings. The first kappa shape index (κ1) is 11.1. The van der Waals surface area contributed by atoms with Crippen LogP contribution in [-0.2, 0) is 11.2 Å². The molecule has 0 aromatic heterocycles.